The molecule has 0 spiro atoms. The SMILES string of the molecule is C1=CC(C2CCc3ccc(-c4ccc5ccc(-c6ccccc6)cc5n4)cc3N2)Nc2c1ccc1ccccc21. The molecule has 3 heteroatoms. The predicted octanol–water partition coefficient (Wildman–Crippen LogP) is 8.96. The fourth-order valence-electron chi connectivity index (χ4n) is 6.27. The van der Waals surface area contributed by atoms with Gasteiger partial charge in [0.15, 0.2) is 0 Å². The molecule has 0 aliphatic carbocycles. The van der Waals surface area contributed by atoms with Crippen LogP contribution in [0.5, 0.6) is 0 Å². The van der Waals surface area contributed by atoms with Gasteiger partial charge in [-0.15, -0.1) is 0 Å². The molecule has 2 N–H and O–H groups in total. The van der Waals surface area contributed by atoms with Gasteiger partial charge in [-0.05, 0) is 58.7 Å². The zero-order valence-electron chi connectivity index (χ0n) is 22.1. The molecule has 3 nitrogen and oxygen atoms in total. The van der Waals surface area contributed by atoms with E-state index in [4.69, 9.17) is 4.98 Å². The molecule has 2 unspecified atom stereocenters. The normalized spacial score (nSPS) is 17.6. The van der Waals surface area contributed by atoms with E-state index in [1.807, 2.05) is 0 Å². The maximum absolute atomic E-state index is 5.09. The number of nitrogens with zero attached hydrogens (tertiary/aromatic N) is 1. The maximum atomic E-state index is 5.09. The van der Waals surface area contributed by atoms with Crippen LogP contribution in [0, 0.1) is 0 Å². The summed E-state index contributed by atoms with van der Waals surface area (Å²) < 4.78 is 0. The Bertz CT molecular complexity index is 1920. The van der Waals surface area contributed by atoms with Crippen LogP contribution in [0.15, 0.2) is 121 Å². The highest BCUT2D eigenvalue weighted by molar-refractivity contribution is 5.99. The van der Waals surface area contributed by atoms with Crippen molar-refractivity contribution in [2.45, 2.75) is 24.9 Å². The third kappa shape index (κ3) is 4.02. The van der Waals surface area contributed by atoms with Crippen molar-refractivity contribution in [1.29, 1.82) is 0 Å². The zero-order valence-corrected chi connectivity index (χ0v) is 22.1. The first-order valence-corrected chi connectivity index (χ1v) is 14.1. The van der Waals surface area contributed by atoms with E-state index in [2.05, 4.69) is 138 Å². The number of hydrogen-bond donors (Lipinski definition) is 2. The Hall–Kier alpha value is -4.89. The van der Waals surface area contributed by atoms with E-state index in [0.29, 0.717) is 6.04 Å². The maximum Gasteiger partial charge on any atom is 0.0715 e. The molecule has 8 rings (SSSR count). The van der Waals surface area contributed by atoms with E-state index in [0.717, 1.165) is 35.0 Å². The molecule has 2 atom stereocenters. The van der Waals surface area contributed by atoms with Gasteiger partial charge in [-0.1, -0.05) is 109 Å². The number of aromatic nitrogens is 1. The summed E-state index contributed by atoms with van der Waals surface area (Å²) in [5.74, 6) is 0. The number of aryl methyl sites for hydroxylation is 1. The summed E-state index contributed by atoms with van der Waals surface area (Å²) in [7, 11) is 0. The van der Waals surface area contributed by atoms with Crippen LogP contribution in [0.4, 0.5) is 11.4 Å². The number of pyridine rings is 1. The second-order valence-corrected chi connectivity index (χ2v) is 10.9. The highest BCUT2D eigenvalue weighted by Crippen LogP contribution is 2.36. The summed E-state index contributed by atoms with van der Waals surface area (Å²) in [4.78, 5) is 5.09. The largest absolute Gasteiger partial charge is 0.380 e. The molecule has 0 saturated heterocycles. The quantitative estimate of drug-likeness (QED) is 0.247. The Labute approximate surface area is 234 Å². The number of benzene rings is 5. The first-order valence-electron chi connectivity index (χ1n) is 14.1. The molecule has 40 heavy (non-hydrogen) atoms. The Balaban J connectivity index is 1.08. The lowest BCUT2D eigenvalue weighted by Gasteiger charge is -2.35. The van der Waals surface area contributed by atoms with Crippen LogP contribution >= 0.6 is 0 Å². The van der Waals surface area contributed by atoms with Gasteiger partial charge in [0.25, 0.3) is 0 Å². The molecule has 2 aliphatic heterocycles. The Morgan fingerprint density at radius 2 is 1.48 bits per heavy atom. The van der Waals surface area contributed by atoms with E-state index in [9.17, 15) is 0 Å². The minimum Gasteiger partial charge on any atom is -0.380 e. The fraction of sp³-hybridized carbons (Fsp3) is 0.108. The minimum atomic E-state index is 0.227. The molecular formula is C37H29N3. The van der Waals surface area contributed by atoms with E-state index in [-0.39, 0.29) is 6.04 Å². The molecule has 0 fully saturated rings. The average Bonchev–Trinajstić information content (AvgIpc) is 3.04. The molecule has 5 aromatic carbocycles. The average molecular weight is 516 g/mol. The Morgan fingerprint density at radius 3 is 2.42 bits per heavy atom. The second-order valence-electron chi connectivity index (χ2n) is 10.9. The van der Waals surface area contributed by atoms with Crippen LogP contribution < -0.4 is 10.6 Å². The molecule has 0 amide bonds. The van der Waals surface area contributed by atoms with Crippen molar-refractivity contribution in [1.82, 2.24) is 4.98 Å². The molecule has 2 aliphatic rings. The van der Waals surface area contributed by atoms with Gasteiger partial charge in [0, 0.05) is 27.7 Å². The summed E-state index contributed by atoms with van der Waals surface area (Å²) >= 11 is 0. The summed E-state index contributed by atoms with van der Waals surface area (Å²) in [6.07, 6.45) is 6.75. The first kappa shape index (κ1) is 23.0. The highest BCUT2D eigenvalue weighted by atomic mass is 15.0. The second kappa shape index (κ2) is 9.39. The van der Waals surface area contributed by atoms with Crippen LogP contribution in [0.2, 0.25) is 0 Å². The van der Waals surface area contributed by atoms with Crippen LogP contribution in [-0.4, -0.2) is 17.1 Å². The summed E-state index contributed by atoms with van der Waals surface area (Å²) in [5, 5.41) is 11.5. The van der Waals surface area contributed by atoms with Crippen molar-refractivity contribution in [3.05, 3.63) is 132 Å². The lowest BCUT2D eigenvalue weighted by molar-refractivity contribution is 0.597. The van der Waals surface area contributed by atoms with Crippen LogP contribution in [-0.2, 0) is 6.42 Å². The fourth-order valence-corrected chi connectivity index (χ4v) is 6.27. The Morgan fingerprint density at radius 1 is 0.650 bits per heavy atom. The van der Waals surface area contributed by atoms with Crippen molar-refractivity contribution in [2.24, 2.45) is 0 Å². The molecule has 3 heterocycles. The van der Waals surface area contributed by atoms with Gasteiger partial charge < -0.3 is 10.6 Å². The van der Waals surface area contributed by atoms with Gasteiger partial charge >= 0.3 is 0 Å². The number of nitrogens with one attached hydrogen (secondary N) is 2. The van der Waals surface area contributed by atoms with Gasteiger partial charge in [-0.25, -0.2) is 4.98 Å². The van der Waals surface area contributed by atoms with E-state index in [1.54, 1.807) is 0 Å². The van der Waals surface area contributed by atoms with E-state index in [1.165, 1.54) is 44.4 Å². The lowest BCUT2D eigenvalue weighted by atomic mass is 9.89. The third-order valence-corrected chi connectivity index (χ3v) is 8.46. The molecule has 6 aromatic rings. The number of rotatable bonds is 3. The predicted molar refractivity (Wildman–Crippen MR) is 169 cm³/mol. The summed E-state index contributed by atoms with van der Waals surface area (Å²) in [6.45, 7) is 0. The van der Waals surface area contributed by atoms with Gasteiger partial charge in [-0.3, -0.25) is 0 Å². The lowest BCUT2D eigenvalue weighted by Crippen LogP contribution is -2.41. The third-order valence-electron chi connectivity index (χ3n) is 8.46. The van der Waals surface area contributed by atoms with Crippen molar-refractivity contribution in [3.63, 3.8) is 0 Å². The molecule has 1 aromatic heterocycles. The molecule has 0 saturated carbocycles. The monoisotopic (exact) mass is 515 g/mol. The number of anilines is 2. The summed E-state index contributed by atoms with van der Waals surface area (Å²) in [6, 6.07) is 41.7. The van der Waals surface area contributed by atoms with Gasteiger partial charge in [0.1, 0.15) is 0 Å². The first-order chi connectivity index (χ1) is 19.8. The van der Waals surface area contributed by atoms with Crippen LogP contribution in [0.1, 0.15) is 17.5 Å². The van der Waals surface area contributed by atoms with Crippen molar-refractivity contribution in [3.8, 4) is 22.4 Å². The van der Waals surface area contributed by atoms with Crippen LogP contribution in [0.3, 0.4) is 0 Å². The van der Waals surface area contributed by atoms with Crippen LogP contribution in [0.25, 0.3) is 50.1 Å². The zero-order chi connectivity index (χ0) is 26.5. The van der Waals surface area contributed by atoms with Crippen molar-refractivity contribution < 1.29 is 0 Å². The summed E-state index contributed by atoms with van der Waals surface area (Å²) in [5.41, 5.74) is 10.6. The molecular weight excluding hydrogens is 486 g/mol. The Kier molecular flexibility index (Phi) is 5.41. The molecule has 192 valence electrons. The van der Waals surface area contributed by atoms with E-state index >= 15 is 0 Å². The van der Waals surface area contributed by atoms with Gasteiger partial charge in [0.05, 0.1) is 23.3 Å². The number of fused-ring (bicyclic) bond motifs is 5. The number of hydrogen-bond acceptors (Lipinski definition) is 3. The van der Waals surface area contributed by atoms with Gasteiger partial charge in [0.2, 0.25) is 0 Å². The minimum absolute atomic E-state index is 0.227. The topological polar surface area (TPSA) is 37.0 Å². The highest BCUT2D eigenvalue weighted by Gasteiger charge is 2.27. The smallest absolute Gasteiger partial charge is 0.0715 e. The van der Waals surface area contributed by atoms with E-state index < -0.39 is 0 Å². The van der Waals surface area contributed by atoms with Gasteiger partial charge in [-0.2, -0.15) is 0 Å². The molecule has 0 bridgehead atoms. The molecule has 0 radical (unpaired) electrons. The van der Waals surface area contributed by atoms with Crippen molar-refractivity contribution in [2.75, 3.05) is 10.6 Å². The standard InChI is InChI=1S/C37H29N3/c1-2-6-24(7-3-1)29-14-11-26-16-19-32(38-35(26)22-29)30-15-12-27-17-20-33(39-36(27)23-30)34-21-18-28-13-10-25-8-4-5-9-31(25)37(28)40-34/h1-16,18-19,21-23,33-34,39-40H,17,20H2. The van der Waals surface area contributed by atoms with Crippen molar-refractivity contribution >= 4 is 39.1 Å².